The van der Waals surface area contributed by atoms with E-state index in [1.807, 2.05) is 11.8 Å². The zero-order valence-corrected chi connectivity index (χ0v) is 14.6. The highest BCUT2D eigenvalue weighted by atomic mass is 79.9. The van der Waals surface area contributed by atoms with E-state index in [2.05, 4.69) is 49.7 Å². The largest absolute Gasteiger partial charge is 0.369 e. The van der Waals surface area contributed by atoms with Crippen LogP contribution in [-0.2, 0) is 0 Å². The summed E-state index contributed by atoms with van der Waals surface area (Å²) < 4.78 is 0.945. The van der Waals surface area contributed by atoms with Crippen LogP contribution in [0.5, 0.6) is 0 Å². The standard InChI is InChI=1S/C14H23BrN4S/c1-3-8-16-13-12(15)14(18-9-17-13)19-10-4-6-11(20-2)7-5-10/h9-11H,3-8H2,1-2H3,(H2,16,17,18,19). The van der Waals surface area contributed by atoms with Gasteiger partial charge in [-0.15, -0.1) is 0 Å². The molecule has 20 heavy (non-hydrogen) atoms. The second kappa shape index (κ2) is 8.08. The third-order valence-electron chi connectivity index (χ3n) is 3.68. The molecule has 0 atom stereocenters. The van der Waals surface area contributed by atoms with Gasteiger partial charge in [-0.1, -0.05) is 6.92 Å². The van der Waals surface area contributed by atoms with Crippen LogP contribution in [0.1, 0.15) is 39.0 Å². The quantitative estimate of drug-likeness (QED) is 0.799. The molecule has 0 aromatic carbocycles. The Bertz CT molecular complexity index is 422. The average Bonchev–Trinajstić information content (AvgIpc) is 2.49. The van der Waals surface area contributed by atoms with Crippen LogP contribution in [0.25, 0.3) is 0 Å². The molecule has 1 saturated carbocycles. The third kappa shape index (κ3) is 4.25. The summed E-state index contributed by atoms with van der Waals surface area (Å²) in [6, 6.07) is 0.531. The Morgan fingerprint density at radius 1 is 1.25 bits per heavy atom. The fourth-order valence-electron chi connectivity index (χ4n) is 2.47. The Labute approximate surface area is 134 Å². The summed E-state index contributed by atoms with van der Waals surface area (Å²) in [5.41, 5.74) is 0. The maximum absolute atomic E-state index is 4.37. The number of hydrogen-bond acceptors (Lipinski definition) is 5. The van der Waals surface area contributed by atoms with Gasteiger partial charge in [-0.3, -0.25) is 0 Å². The molecular weight excluding hydrogens is 336 g/mol. The Kier molecular flexibility index (Phi) is 6.42. The molecule has 0 unspecified atom stereocenters. The lowest BCUT2D eigenvalue weighted by atomic mass is 9.95. The zero-order valence-electron chi connectivity index (χ0n) is 12.2. The van der Waals surface area contributed by atoms with E-state index < -0.39 is 0 Å². The molecule has 2 N–H and O–H groups in total. The predicted molar refractivity (Wildman–Crippen MR) is 91.7 cm³/mol. The lowest BCUT2D eigenvalue weighted by molar-refractivity contribution is 0.472. The van der Waals surface area contributed by atoms with Crippen molar-refractivity contribution in [3.05, 3.63) is 10.8 Å². The van der Waals surface area contributed by atoms with Gasteiger partial charge in [0.15, 0.2) is 0 Å². The molecule has 6 heteroatoms. The molecule has 0 spiro atoms. The second-order valence-corrected chi connectivity index (χ2v) is 7.10. The number of hydrogen-bond donors (Lipinski definition) is 2. The molecule has 4 nitrogen and oxygen atoms in total. The summed E-state index contributed by atoms with van der Waals surface area (Å²) in [4.78, 5) is 8.65. The van der Waals surface area contributed by atoms with Crippen LogP contribution in [0.15, 0.2) is 10.8 Å². The molecule has 0 bridgehead atoms. The fourth-order valence-corrected chi connectivity index (χ4v) is 3.68. The van der Waals surface area contributed by atoms with Crippen LogP contribution in [0.4, 0.5) is 11.6 Å². The highest BCUT2D eigenvalue weighted by Crippen LogP contribution is 2.31. The van der Waals surface area contributed by atoms with Crippen molar-refractivity contribution in [1.82, 2.24) is 9.97 Å². The van der Waals surface area contributed by atoms with Gasteiger partial charge in [0, 0.05) is 17.8 Å². The van der Waals surface area contributed by atoms with E-state index in [9.17, 15) is 0 Å². The molecule has 1 aromatic heterocycles. The van der Waals surface area contributed by atoms with E-state index in [-0.39, 0.29) is 0 Å². The minimum absolute atomic E-state index is 0.531. The highest BCUT2D eigenvalue weighted by Gasteiger charge is 2.21. The minimum Gasteiger partial charge on any atom is -0.369 e. The number of aromatic nitrogens is 2. The molecule has 0 aliphatic heterocycles. The first kappa shape index (κ1) is 15.9. The summed E-state index contributed by atoms with van der Waals surface area (Å²) >= 11 is 5.61. The topological polar surface area (TPSA) is 49.8 Å². The molecule has 1 fully saturated rings. The summed E-state index contributed by atoms with van der Waals surface area (Å²) in [5, 5.41) is 7.72. The van der Waals surface area contributed by atoms with Crippen molar-refractivity contribution in [2.45, 2.75) is 50.3 Å². The molecule has 1 heterocycles. The van der Waals surface area contributed by atoms with E-state index in [4.69, 9.17) is 0 Å². The van der Waals surface area contributed by atoms with Crippen LogP contribution in [0, 0.1) is 0 Å². The number of halogens is 1. The second-order valence-electron chi connectivity index (χ2n) is 5.17. The number of thioether (sulfide) groups is 1. The minimum atomic E-state index is 0.531. The lowest BCUT2D eigenvalue weighted by Crippen LogP contribution is -2.27. The van der Waals surface area contributed by atoms with Crippen LogP contribution in [0.2, 0.25) is 0 Å². The first-order chi connectivity index (χ1) is 9.74. The van der Waals surface area contributed by atoms with Crippen LogP contribution in [0.3, 0.4) is 0 Å². The number of anilines is 2. The van der Waals surface area contributed by atoms with Gasteiger partial charge in [-0.2, -0.15) is 11.8 Å². The fraction of sp³-hybridized carbons (Fsp3) is 0.714. The van der Waals surface area contributed by atoms with E-state index in [0.29, 0.717) is 6.04 Å². The van der Waals surface area contributed by atoms with Gasteiger partial charge >= 0.3 is 0 Å². The average molecular weight is 359 g/mol. The Morgan fingerprint density at radius 3 is 2.60 bits per heavy atom. The highest BCUT2D eigenvalue weighted by molar-refractivity contribution is 9.10. The Balaban J connectivity index is 1.95. The van der Waals surface area contributed by atoms with E-state index in [1.165, 1.54) is 25.7 Å². The molecule has 0 amide bonds. The van der Waals surface area contributed by atoms with E-state index >= 15 is 0 Å². The Morgan fingerprint density at radius 2 is 1.95 bits per heavy atom. The monoisotopic (exact) mass is 358 g/mol. The molecule has 0 radical (unpaired) electrons. The van der Waals surface area contributed by atoms with Crippen LogP contribution < -0.4 is 10.6 Å². The number of rotatable bonds is 6. The lowest BCUT2D eigenvalue weighted by Gasteiger charge is -2.28. The van der Waals surface area contributed by atoms with Crippen molar-refractivity contribution in [3.63, 3.8) is 0 Å². The predicted octanol–water partition coefficient (Wildman–Crippen LogP) is 4.15. The van der Waals surface area contributed by atoms with Gasteiger partial charge in [0.2, 0.25) is 0 Å². The maximum atomic E-state index is 4.37. The van der Waals surface area contributed by atoms with E-state index in [0.717, 1.165) is 34.3 Å². The summed E-state index contributed by atoms with van der Waals surface area (Å²) in [6.45, 7) is 3.07. The summed E-state index contributed by atoms with van der Waals surface area (Å²) in [7, 11) is 0. The summed E-state index contributed by atoms with van der Waals surface area (Å²) in [6.07, 6.45) is 9.95. The number of nitrogens with zero attached hydrogens (tertiary/aromatic N) is 2. The van der Waals surface area contributed by atoms with Crippen LogP contribution in [-0.4, -0.2) is 34.1 Å². The van der Waals surface area contributed by atoms with Gasteiger partial charge in [0.1, 0.15) is 22.4 Å². The van der Waals surface area contributed by atoms with Crippen molar-refractivity contribution < 1.29 is 0 Å². The maximum Gasteiger partial charge on any atom is 0.146 e. The van der Waals surface area contributed by atoms with Gasteiger partial charge in [-0.25, -0.2) is 9.97 Å². The van der Waals surface area contributed by atoms with Crippen molar-refractivity contribution in [1.29, 1.82) is 0 Å². The molecule has 112 valence electrons. The van der Waals surface area contributed by atoms with Crippen molar-refractivity contribution in [3.8, 4) is 0 Å². The van der Waals surface area contributed by atoms with Gasteiger partial charge in [0.05, 0.1) is 0 Å². The molecule has 2 rings (SSSR count). The Hall–Kier alpha value is -0.490. The van der Waals surface area contributed by atoms with Gasteiger partial charge < -0.3 is 10.6 Å². The van der Waals surface area contributed by atoms with Crippen molar-refractivity contribution >= 4 is 39.3 Å². The first-order valence-electron chi connectivity index (χ1n) is 7.28. The van der Waals surface area contributed by atoms with Crippen LogP contribution >= 0.6 is 27.7 Å². The normalized spacial score (nSPS) is 22.6. The number of nitrogens with one attached hydrogen (secondary N) is 2. The summed E-state index contributed by atoms with van der Waals surface area (Å²) in [5.74, 6) is 1.79. The molecular formula is C14H23BrN4S. The molecule has 1 aliphatic rings. The van der Waals surface area contributed by atoms with Crippen molar-refractivity contribution in [2.24, 2.45) is 0 Å². The smallest absolute Gasteiger partial charge is 0.146 e. The third-order valence-corrected chi connectivity index (χ3v) is 5.57. The van der Waals surface area contributed by atoms with Gasteiger partial charge in [0.25, 0.3) is 0 Å². The SMILES string of the molecule is CCCNc1ncnc(NC2CCC(SC)CC2)c1Br. The molecule has 1 aromatic rings. The molecule has 0 saturated heterocycles. The first-order valence-corrected chi connectivity index (χ1v) is 9.36. The zero-order chi connectivity index (χ0) is 14.4. The van der Waals surface area contributed by atoms with Gasteiger partial charge in [-0.05, 0) is 54.3 Å². The van der Waals surface area contributed by atoms with E-state index in [1.54, 1.807) is 6.33 Å². The van der Waals surface area contributed by atoms with Crippen molar-refractivity contribution in [2.75, 3.05) is 23.4 Å². The molecule has 1 aliphatic carbocycles.